The smallest absolute Gasteiger partial charge is 0.263 e. The largest absolute Gasteiger partial charge is 0.347 e. The van der Waals surface area contributed by atoms with Crippen LogP contribution in [0.15, 0.2) is 48.5 Å². The summed E-state index contributed by atoms with van der Waals surface area (Å²) in [6.07, 6.45) is 0.594. The number of halogens is 1. The van der Waals surface area contributed by atoms with Crippen LogP contribution in [-0.2, 0) is 13.0 Å². The molecule has 0 aliphatic carbocycles. The van der Waals surface area contributed by atoms with Crippen molar-refractivity contribution in [2.24, 2.45) is 0 Å². The Labute approximate surface area is 150 Å². The van der Waals surface area contributed by atoms with E-state index in [0.29, 0.717) is 17.8 Å². The first-order valence-corrected chi connectivity index (χ1v) is 8.88. The predicted octanol–water partition coefficient (Wildman–Crippen LogP) is 4.42. The maximum Gasteiger partial charge on any atom is 0.263 e. The maximum atomic E-state index is 13.0. The highest BCUT2D eigenvalue weighted by molar-refractivity contribution is 7.13. The standard InChI is InChI=1S/C20H19FN2OS/c1-13-5-3-4-6-16(13)12-22-20(24)19-14(2)23-18(25-19)11-15-7-9-17(21)10-8-15/h3-10H,11-12H2,1-2H3,(H,22,24). The average Bonchev–Trinajstić information content (AvgIpc) is 2.96. The first kappa shape index (κ1) is 17.3. The van der Waals surface area contributed by atoms with Crippen LogP contribution in [0.1, 0.15) is 37.1 Å². The number of thiazole rings is 1. The van der Waals surface area contributed by atoms with Crippen molar-refractivity contribution in [1.29, 1.82) is 0 Å². The van der Waals surface area contributed by atoms with Gasteiger partial charge in [-0.3, -0.25) is 4.79 Å². The quantitative estimate of drug-likeness (QED) is 0.737. The lowest BCUT2D eigenvalue weighted by atomic mass is 10.1. The molecule has 1 amide bonds. The number of hydrogen-bond donors (Lipinski definition) is 1. The third kappa shape index (κ3) is 4.31. The Morgan fingerprint density at radius 1 is 1.12 bits per heavy atom. The number of aromatic nitrogens is 1. The van der Waals surface area contributed by atoms with E-state index in [9.17, 15) is 9.18 Å². The van der Waals surface area contributed by atoms with Gasteiger partial charge in [-0.1, -0.05) is 36.4 Å². The Bertz CT molecular complexity index is 887. The molecule has 0 saturated heterocycles. The summed E-state index contributed by atoms with van der Waals surface area (Å²) in [5.41, 5.74) is 3.96. The van der Waals surface area contributed by atoms with Gasteiger partial charge in [-0.25, -0.2) is 9.37 Å². The van der Waals surface area contributed by atoms with Crippen LogP contribution < -0.4 is 5.32 Å². The lowest BCUT2D eigenvalue weighted by molar-refractivity contribution is 0.0954. The van der Waals surface area contributed by atoms with E-state index >= 15 is 0 Å². The molecule has 0 bridgehead atoms. The minimum absolute atomic E-state index is 0.108. The predicted molar refractivity (Wildman–Crippen MR) is 98.4 cm³/mol. The highest BCUT2D eigenvalue weighted by Gasteiger charge is 2.15. The number of amides is 1. The van der Waals surface area contributed by atoms with Crippen molar-refractivity contribution in [2.75, 3.05) is 0 Å². The molecule has 3 rings (SSSR count). The highest BCUT2D eigenvalue weighted by atomic mass is 32.1. The van der Waals surface area contributed by atoms with E-state index in [1.807, 2.05) is 38.1 Å². The van der Waals surface area contributed by atoms with E-state index in [4.69, 9.17) is 0 Å². The summed E-state index contributed by atoms with van der Waals surface area (Å²) >= 11 is 1.39. The first-order chi connectivity index (χ1) is 12.0. The molecule has 0 aliphatic rings. The molecule has 25 heavy (non-hydrogen) atoms. The number of carbonyl (C=O) groups excluding carboxylic acids is 1. The van der Waals surface area contributed by atoms with Crippen LogP contribution in [0.25, 0.3) is 0 Å². The molecule has 0 fully saturated rings. The zero-order chi connectivity index (χ0) is 17.8. The van der Waals surface area contributed by atoms with Crippen molar-refractivity contribution >= 4 is 17.2 Å². The summed E-state index contributed by atoms with van der Waals surface area (Å²) in [4.78, 5) is 17.6. The zero-order valence-corrected chi connectivity index (χ0v) is 15.0. The third-order valence-corrected chi connectivity index (χ3v) is 5.17. The van der Waals surface area contributed by atoms with Gasteiger partial charge in [0.05, 0.1) is 10.7 Å². The van der Waals surface area contributed by atoms with Crippen molar-refractivity contribution in [3.63, 3.8) is 0 Å². The molecule has 3 aromatic rings. The molecule has 1 heterocycles. The lowest BCUT2D eigenvalue weighted by Crippen LogP contribution is -2.22. The third-order valence-electron chi connectivity index (χ3n) is 4.02. The van der Waals surface area contributed by atoms with E-state index in [1.54, 1.807) is 12.1 Å². The summed E-state index contributed by atoms with van der Waals surface area (Å²) in [6.45, 7) is 4.36. The molecule has 1 aromatic heterocycles. The van der Waals surface area contributed by atoms with Crippen molar-refractivity contribution < 1.29 is 9.18 Å². The molecule has 0 unspecified atom stereocenters. The van der Waals surface area contributed by atoms with Gasteiger partial charge in [0.1, 0.15) is 10.7 Å². The minimum Gasteiger partial charge on any atom is -0.347 e. The van der Waals surface area contributed by atoms with Gasteiger partial charge in [0.2, 0.25) is 0 Å². The van der Waals surface area contributed by atoms with Crippen LogP contribution in [0.5, 0.6) is 0 Å². The van der Waals surface area contributed by atoms with Crippen molar-refractivity contribution in [3.05, 3.63) is 86.6 Å². The highest BCUT2D eigenvalue weighted by Crippen LogP contribution is 2.21. The molecule has 0 radical (unpaired) electrons. The summed E-state index contributed by atoms with van der Waals surface area (Å²) in [5.74, 6) is -0.362. The van der Waals surface area contributed by atoms with Crippen LogP contribution in [-0.4, -0.2) is 10.9 Å². The van der Waals surface area contributed by atoms with Crippen LogP contribution in [0.4, 0.5) is 4.39 Å². The molecular weight excluding hydrogens is 335 g/mol. The summed E-state index contributed by atoms with van der Waals surface area (Å²) in [7, 11) is 0. The number of nitrogens with one attached hydrogen (secondary N) is 1. The number of nitrogens with zero attached hydrogens (tertiary/aromatic N) is 1. The molecule has 3 nitrogen and oxygen atoms in total. The lowest BCUT2D eigenvalue weighted by Gasteiger charge is -2.07. The van der Waals surface area contributed by atoms with Gasteiger partial charge in [0.25, 0.3) is 5.91 Å². The summed E-state index contributed by atoms with van der Waals surface area (Å²) < 4.78 is 13.0. The summed E-state index contributed by atoms with van der Waals surface area (Å²) in [5, 5.41) is 3.82. The zero-order valence-electron chi connectivity index (χ0n) is 14.2. The van der Waals surface area contributed by atoms with E-state index < -0.39 is 0 Å². The van der Waals surface area contributed by atoms with Crippen LogP contribution in [0.2, 0.25) is 0 Å². The van der Waals surface area contributed by atoms with E-state index in [-0.39, 0.29) is 11.7 Å². The number of aryl methyl sites for hydroxylation is 2. The molecule has 1 N–H and O–H groups in total. The first-order valence-electron chi connectivity index (χ1n) is 8.06. The fourth-order valence-electron chi connectivity index (χ4n) is 2.58. The van der Waals surface area contributed by atoms with E-state index in [1.165, 1.54) is 23.5 Å². The van der Waals surface area contributed by atoms with Gasteiger partial charge in [-0.05, 0) is 42.7 Å². The van der Waals surface area contributed by atoms with E-state index in [0.717, 1.165) is 27.4 Å². The second kappa shape index (κ2) is 7.57. The Morgan fingerprint density at radius 2 is 1.84 bits per heavy atom. The van der Waals surface area contributed by atoms with Gasteiger partial charge in [0.15, 0.2) is 0 Å². The van der Waals surface area contributed by atoms with Crippen molar-refractivity contribution in [2.45, 2.75) is 26.8 Å². The molecule has 0 spiro atoms. The molecule has 5 heteroatoms. The van der Waals surface area contributed by atoms with Crippen LogP contribution in [0, 0.1) is 19.7 Å². The normalized spacial score (nSPS) is 10.7. The molecule has 0 atom stereocenters. The van der Waals surface area contributed by atoms with Crippen LogP contribution in [0.3, 0.4) is 0 Å². The Balaban J connectivity index is 1.68. The fourth-order valence-corrected chi connectivity index (χ4v) is 3.59. The van der Waals surface area contributed by atoms with Gasteiger partial charge >= 0.3 is 0 Å². The Kier molecular flexibility index (Phi) is 5.24. The van der Waals surface area contributed by atoms with Gasteiger partial charge in [-0.2, -0.15) is 0 Å². The fraction of sp³-hybridized carbons (Fsp3) is 0.200. The number of hydrogen-bond acceptors (Lipinski definition) is 3. The molecular formula is C20H19FN2OS. The summed E-state index contributed by atoms with van der Waals surface area (Å²) in [6, 6.07) is 14.3. The topological polar surface area (TPSA) is 42.0 Å². The van der Waals surface area contributed by atoms with Gasteiger partial charge < -0.3 is 5.32 Å². The number of carbonyl (C=O) groups is 1. The van der Waals surface area contributed by atoms with Crippen molar-refractivity contribution in [3.8, 4) is 0 Å². The van der Waals surface area contributed by atoms with Gasteiger partial charge in [0, 0.05) is 13.0 Å². The second-order valence-corrected chi connectivity index (χ2v) is 7.02. The SMILES string of the molecule is Cc1ccccc1CNC(=O)c1sc(Cc2ccc(F)cc2)nc1C. The average molecular weight is 354 g/mol. The van der Waals surface area contributed by atoms with E-state index in [2.05, 4.69) is 10.3 Å². The molecule has 128 valence electrons. The minimum atomic E-state index is -0.254. The Hall–Kier alpha value is -2.53. The van der Waals surface area contributed by atoms with Crippen molar-refractivity contribution in [1.82, 2.24) is 10.3 Å². The molecule has 2 aromatic carbocycles. The molecule has 0 aliphatic heterocycles. The Morgan fingerprint density at radius 3 is 2.56 bits per heavy atom. The number of rotatable bonds is 5. The van der Waals surface area contributed by atoms with Crippen LogP contribution >= 0.6 is 11.3 Å². The number of benzene rings is 2. The maximum absolute atomic E-state index is 13.0. The van der Waals surface area contributed by atoms with Gasteiger partial charge in [-0.15, -0.1) is 11.3 Å². The monoisotopic (exact) mass is 354 g/mol. The molecule has 0 saturated carbocycles. The second-order valence-electron chi connectivity index (χ2n) is 5.93.